The summed E-state index contributed by atoms with van der Waals surface area (Å²) in [6.45, 7) is 0.955. The number of anilines is 2. The molecule has 8 nitrogen and oxygen atoms in total. The molecule has 0 heterocycles. The van der Waals surface area contributed by atoms with E-state index in [0.29, 0.717) is 30.3 Å². The molecule has 2 aromatic carbocycles. The van der Waals surface area contributed by atoms with Crippen LogP contribution in [0.3, 0.4) is 0 Å². The van der Waals surface area contributed by atoms with E-state index in [1.807, 2.05) is 24.3 Å². The van der Waals surface area contributed by atoms with Crippen molar-refractivity contribution in [3.8, 4) is 11.5 Å². The van der Waals surface area contributed by atoms with Gasteiger partial charge in [-0.3, -0.25) is 4.79 Å². The molecule has 0 bridgehead atoms. The highest BCUT2D eigenvalue weighted by molar-refractivity contribution is 5.93. The fraction of sp³-hybridized carbons (Fsp3) is 0.300. The van der Waals surface area contributed by atoms with Gasteiger partial charge < -0.3 is 35.3 Å². The van der Waals surface area contributed by atoms with Gasteiger partial charge in [0.1, 0.15) is 17.5 Å². The van der Waals surface area contributed by atoms with Crippen LogP contribution >= 0.6 is 0 Å². The number of para-hydroxylation sites is 2. The van der Waals surface area contributed by atoms with Gasteiger partial charge in [-0.25, -0.2) is 0 Å². The fourth-order valence-corrected chi connectivity index (χ4v) is 2.63. The fourth-order valence-electron chi connectivity index (χ4n) is 2.63. The van der Waals surface area contributed by atoms with Crippen molar-refractivity contribution in [3.63, 3.8) is 0 Å². The van der Waals surface area contributed by atoms with Crippen LogP contribution in [0.15, 0.2) is 48.5 Å². The first kappa shape index (κ1) is 21.0. The highest BCUT2D eigenvalue weighted by Gasteiger charge is 2.18. The largest absolute Gasteiger partial charge is 0.544 e. The van der Waals surface area contributed by atoms with Gasteiger partial charge in [-0.2, -0.15) is 0 Å². The number of carboxylic acid groups (broad SMARTS) is 1. The quantitative estimate of drug-likeness (QED) is 0.461. The molecule has 0 fully saturated rings. The number of hydrogen-bond donors (Lipinski definition) is 3. The molecule has 4 N–H and O–H groups in total. The molecule has 8 heteroatoms. The van der Waals surface area contributed by atoms with Crippen molar-refractivity contribution < 1.29 is 29.5 Å². The monoisotopic (exact) mass is 387 g/mol. The van der Waals surface area contributed by atoms with Crippen LogP contribution in [0.25, 0.3) is 0 Å². The number of ether oxygens (including phenoxy) is 2. The normalized spacial score (nSPS) is 11.4. The van der Waals surface area contributed by atoms with E-state index in [4.69, 9.17) is 9.47 Å². The summed E-state index contributed by atoms with van der Waals surface area (Å²) in [6, 6.07) is 13.3. The molecule has 0 aliphatic heterocycles. The molecular formula is C20H25N3O5. The van der Waals surface area contributed by atoms with E-state index >= 15 is 0 Å². The lowest BCUT2D eigenvalue weighted by atomic mass is 10.2. The molecule has 0 aliphatic carbocycles. The second-order valence-corrected chi connectivity index (χ2v) is 6.06. The average molecular weight is 387 g/mol. The second-order valence-electron chi connectivity index (χ2n) is 6.06. The van der Waals surface area contributed by atoms with E-state index in [9.17, 15) is 14.7 Å². The number of methoxy groups -OCH3 is 2. The summed E-state index contributed by atoms with van der Waals surface area (Å²) in [6.07, 6.45) is -0.191. The summed E-state index contributed by atoms with van der Waals surface area (Å²) in [7, 11) is 3.14. The van der Waals surface area contributed by atoms with Crippen LogP contribution in [0.2, 0.25) is 0 Å². The Hall–Kier alpha value is -3.26. The highest BCUT2D eigenvalue weighted by atomic mass is 16.5. The van der Waals surface area contributed by atoms with E-state index in [0.717, 1.165) is 5.69 Å². The zero-order chi connectivity index (χ0) is 20.4. The number of quaternary nitrogens is 1. The van der Waals surface area contributed by atoms with Gasteiger partial charge in [0.05, 0.1) is 45.4 Å². The molecule has 0 unspecified atom stereocenters. The first-order valence-corrected chi connectivity index (χ1v) is 8.88. The summed E-state index contributed by atoms with van der Waals surface area (Å²) < 4.78 is 10.3. The predicted octanol–water partition coefficient (Wildman–Crippen LogP) is -0.174. The van der Waals surface area contributed by atoms with Crippen molar-refractivity contribution in [1.82, 2.24) is 0 Å². The lowest BCUT2D eigenvalue weighted by molar-refractivity contribution is -0.680. The molecule has 0 saturated heterocycles. The number of carboxylic acids is 1. The van der Waals surface area contributed by atoms with Crippen molar-refractivity contribution in [2.75, 3.05) is 37.9 Å². The summed E-state index contributed by atoms with van der Waals surface area (Å²) in [5.41, 5.74) is 1.39. The Balaban J connectivity index is 1.80. The molecule has 0 spiro atoms. The number of rotatable bonds is 11. The summed E-state index contributed by atoms with van der Waals surface area (Å²) >= 11 is 0. The third kappa shape index (κ3) is 6.48. The van der Waals surface area contributed by atoms with Crippen molar-refractivity contribution in [1.29, 1.82) is 0 Å². The van der Waals surface area contributed by atoms with Crippen LogP contribution in [0, 0.1) is 0 Å². The Kier molecular flexibility index (Phi) is 8.11. The molecule has 1 amide bonds. The van der Waals surface area contributed by atoms with Gasteiger partial charge in [0.25, 0.3) is 0 Å². The molecule has 1 atom stereocenters. The molecule has 0 saturated carbocycles. The van der Waals surface area contributed by atoms with Crippen molar-refractivity contribution in [2.24, 2.45) is 0 Å². The standard InChI is InChI=1S/C20H25N3O5/c1-27-15-9-7-14(8-10-15)23-19(24)13-17(20(25)26)22-12-11-21-16-5-3-4-6-18(16)28-2/h3-10,17,21-22H,11-13H2,1-2H3,(H,23,24)(H,25,26)/t17-/m1/s1. The smallest absolute Gasteiger partial charge is 0.230 e. The minimum atomic E-state index is -1.28. The highest BCUT2D eigenvalue weighted by Crippen LogP contribution is 2.22. The van der Waals surface area contributed by atoms with Gasteiger partial charge in [0, 0.05) is 5.69 Å². The Bertz CT molecular complexity index is 780. The van der Waals surface area contributed by atoms with E-state index in [2.05, 4.69) is 10.6 Å². The maximum absolute atomic E-state index is 12.1. The number of carbonyl (C=O) groups excluding carboxylic acids is 2. The van der Waals surface area contributed by atoms with Crippen molar-refractivity contribution in [2.45, 2.75) is 12.5 Å². The van der Waals surface area contributed by atoms with E-state index in [-0.39, 0.29) is 6.42 Å². The molecule has 2 rings (SSSR count). The number of nitrogens with two attached hydrogens (primary N) is 1. The van der Waals surface area contributed by atoms with Crippen molar-refractivity contribution in [3.05, 3.63) is 48.5 Å². The van der Waals surface area contributed by atoms with E-state index in [1.54, 1.807) is 43.8 Å². The topological polar surface area (TPSA) is 116 Å². The van der Waals surface area contributed by atoms with Gasteiger partial charge in [-0.15, -0.1) is 0 Å². The molecule has 150 valence electrons. The van der Waals surface area contributed by atoms with Gasteiger partial charge in [-0.05, 0) is 36.4 Å². The Labute approximate surface area is 163 Å². The zero-order valence-corrected chi connectivity index (χ0v) is 15.9. The third-order valence-electron chi connectivity index (χ3n) is 4.10. The van der Waals surface area contributed by atoms with Crippen LogP contribution in [0.4, 0.5) is 11.4 Å². The Morgan fingerprint density at radius 1 is 1.07 bits per heavy atom. The lowest BCUT2D eigenvalue weighted by Gasteiger charge is -2.17. The van der Waals surface area contributed by atoms with Gasteiger partial charge in [0.15, 0.2) is 0 Å². The Morgan fingerprint density at radius 2 is 1.79 bits per heavy atom. The van der Waals surface area contributed by atoms with Crippen LogP contribution in [-0.2, 0) is 9.59 Å². The summed E-state index contributed by atoms with van der Waals surface area (Å²) in [4.78, 5) is 23.5. The number of nitrogens with one attached hydrogen (secondary N) is 2. The molecule has 0 aliphatic rings. The van der Waals surface area contributed by atoms with Crippen LogP contribution < -0.4 is 30.5 Å². The first-order chi connectivity index (χ1) is 13.5. The predicted molar refractivity (Wildman–Crippen MR) is 103 cm³/mol. The molecule has 0 aromatic heterocycles. The van der Waals surface area contributed by atoms with Gasteiger partial charge >= 0.3 is 0 Å². The molecule has 28 heavy (non-hydrogen) atoms. The molecule has 0 radical (unpaired) electrons. The number of hydrogen-bond acceptors (Lipinski definition) is 6. The minimum Gasteiger partial charge on any atom is -0.544 e. The SMILES string of the molecule is COc1ccc(NC(=O)C[C@@H]([NH2+]CCNc2ccccc2OC)C(=O)[O-])cc1. The van der Waals surface area contributed by atoms with E-state index in [1.165, 1.54) is 0 Å². The maximum atomic E-state index is 12.1. The molecular weight excluding hydrogens is 362 g/mol. The number of benzene rings is 2. The maximum Gasteiger partial charge on any atom is 0.230 e. The average Bonchev–Trinajstić information content (AvgIpc) is 2.70. The summed E-state index contributed by atoms with van der Waals surface area (Å²) in [5.74, 6) is -0.296. The van der Waals surface area contributed by atoms with Crippen LogP contribution in [0.5, 0.6) is 11.5 Å². The zero-order valence-electron chi connectivity index (χ0n) is 15.9. The number of amides is 1. The van der Waals surface area contributed by atoms with Crippen LogP contribution in [0.1, 0.15) is 6.42 Å². The van der Waals surface area contributed by atoms with E-state index < -0.39 is 17.9 Å². The summed E-state index contributed by atoms with van der Waals surface area (Å²) in [5, 5.41) is 18.8. The van der Waals surface area contributed by atoms with Gasteiger partial charge in [-0.1, -0.05) is 12.1 Å². The van der Waals surface area contributed by atoms with Crippen LogP contribution in [-0.4, -0.2) is 45.2 Å². The van der Waals surface area contributed by atoms with Crippen molar-refractivity contribution >= 4 is 23.3 Å². The van der Waals surface area contributed by atoms with Gasteiger partial charge in [0.2, 0.25) is 5.91 Å². The number of aliphatic carboxylic acids is 1. The number of carbonyl (C=O) groups is 2. The third-order valence-corrected chi connectivity index (χ3v) is 4.10. The second kappa shape index (κ2) is 10.8. The first-order valence-electron chi connectivity index (χ1n) is 8.88. The lowest BCUT2D eigenvalue weighted by Crippen LogP contribution is -2.94. The minimum absolute atomic E-state index is 0.191. The Morgan fingerprint density at radius 3 is 2.43 bits per heavy atom. The molecule has 2 aromatic rings.